The Bertz CT molecular complexity index is 481. The van der Waals surface area contributed by atoms with Gasteiger partial charge < -0.3 is 0 Å². The van der Waals surface area contributed by atoms with Gasteiger partial charge in [-0.2, -0.15) is 0 Å². The Morgan fingerprint density at radius 2 is 1.43 bits per heavy atom. The maximum atomic E-state index is 6.01. The fourth-order valence-corrected chi connectivity index (χ4v) is 6.67. The Labute approximate surface area is 145 Å². The number of rotatable bonds is 5. The summed E-state index contributed by atoms with van der Waals surface area (Å²) in [6.45, 7) is 2.77. The molecule has 0 spiro atoms. The molecule has 3 saturated heterocycles. The van der Waals surface area contributed by atoms with Gasteiger partial charge in [0.05, 0.1) is 0 Å². The molecule has 3 atom stereocenters. The molecule has 3 fully saturated rings. The van der Waals surface area contributed by atoms with Crippen molar-refractivity contribution >= 4 is 19.4 Å². The molecule has 0 amide bonds. The van der Waals surface area contributed by atoms with E-state index in [0.717, 1.165) is 32.7 Å². The summed E-state index contributed by atoms with van der Waals surface area (Å²) in [7, 11) is 0. The molecule has 3 aliphatic heterocycles. The summed E-state index contributed by atoms with van der Waals surface area (Å²) in [6.07, 6.45) is 8.25. The van der Waals surface area contributed by atoms with Crippen LogP contribution >= 0.6 is 0 Å². The molecule has 0 N–H and O–H groups in total. The molecule has 126 valence electrons. The molecule has 0 unspecified atom stereocenters. The van der Waals surface area contributed by atoms with Gasteiger partial charge >= 0.3 is 145 Å². The van der Waals surface area contributed by atoms with E-state index in [1.165, 1.54) is 42.1 Å². The summed E-state index contributed by atoms with van der Waals surface area (Å²) in [6, 6.07) is 6.79. The van der Waals surface area contributed by atoms with Crippen LogP contribution < -0.4 is 4.46 Å². The Balaban J connectivity index is 1.59. The second-order valence-corrected chi connectivity index (χ2v) is 8.88. The van der Waals surface area contributed by atoms with Gasteiger partial charge in [0.1, 0.15) is 0 Å². The van der Waals surface area contributed by atoms with E-state index >= 15 is 0 Å². The average Bonchev–Trinajstić information content (AvgIpc) is 3.36. The zero-order valence-corrected chi connectivity index (χ0v) is 15.4. The second-order valence-electron chi connectivity index (χ2n) is 6.71. The Morgan fingerprint density at radius 1 is 0.826 bits per heavy atom. The van der Waals surface area contributed by atoms with Gasteiger partial charge in [-0.05, 0) is 0 Å². The molecule has 23 heavy (non-hydrogen) atoms. The van der Waals surface area contributed by atoms with Crippen molar-refractivity contribution in [1.29, 1.82) is 0 Å². The molecule has 0 radical (unpaired) electrons. The van der Waals surface area contributed by atoms with Gasteiger partial charge in [0.15, 0.2) is 0 Å². The van der Waals surface area contributed by atoms with Crippen molar-refractivity contribution in [3.63, 3.8) is 0 Å². The van der Waals surface area contributed by atoms with Crippen molar-refractivity contribution in [3.05, 3.63) is 29.3 Å². The predicted molar refractivity (Wildman–Crippen MR) is 91.5 cm³/mol. The summed E-state index contributed by atoms with van der Waals surface area (Å²) in [5, 5.41) is 1.19. The van der Waals surface area contributed by atoms with Gasteiger partial charge in [-0.3, -0.25) is 0 Å². The number of ether oxygens (including phenoxy) is 3. The quantitative estimate of drug-likeness (QED) is 0.733. The normalized spacial score (nSPS) is 31.0. The molecule has 0 saturated carbocycles. The summed E-state index contributed by atoms with van der Waals surface area (Å²) >= 11 is 0.443. The van der Waals surface area contributed by atoms with E-state index in [1.807, 2.05) is 0 Å². The molecule has 3 nitrogen and oxygen atoms in total. The van der Waals surface area contributed by atoms with Crippen LogP contribution in [0.25, 0.3) is 0 Å². The topological polar surface area (TPSA) is 27.7 Å². The number of hydrogen-bond donors (Lipinski definition) is 0. The van der Waals surface area contributed by atoms with E-state index in [4.69, 9.17) is 14.2 Å². The van der Waals surface area contributed by atoms with Crippen molar-refractivity contribution in [2.24, 2.45) is 0 Å². The molecule has 0 aromatic heterocycles. The fourth-order valence-electron chi connectivity index (χ4n) is 3.85. The molecule has 4 rings (SSSR count). The van der Waals surface area contributed by atoms with E-state index in [2.05, 4.69) is 18.2 Å². The summed E-state index contributed by atoms with van der Waals surface area (Å²) in [5.74, 6) is 0. The molecular formula is C19H26O3Se. The van der Waals surface area contributed by atoms with Crippen molar-refractivity contribution in [2.45, 2.75) is 62.2 Å². The SMILES string of the molecule is c1cc([C@@H]2CCCO2)c([Se]C[C@H]2CCCO2)c([C@@H]2CCCO2)c1. The number of hydrogen-bond acceptors (Lipinski definition) is 3. The van der Waals surface area contributed by atoms with E-state index < -0.39 is 0 Å². The Kier molecular flexibility index (Phi) is 5.37. The van der Waals surface area contributed by atoms with Crippen molar-refractivity contribution in [1.82, 2.24) is 0 Å². The molecule has 0 aliphatic carbocycles. The third-order valence-corrected chi connectivity index (χ3v) is 7.79. The first-order valence-electron chi connectivity index (χ1n) is 9.02. The standard InChI is InChI=1S/C19H26O3Se/c1-6-15(17-8-3-11-21-17)19(23-13-14-5-2-10-20-14)16(7-1)18-9-4-12-22-18/h1,6-7,14,17-18H,2-5,8-13H2/t14-,17+,18+/m1/s1. The van der Waals surface area contributed by atoms with E-state index in [9.17, 15) is 0 Å². The summed E-state index contributed by atoms with van der Waals surface area (Å²) in [4.78, 5) is 0. The number of benzene rings is 1. The van der Waals surface area contributed by atoms with Gasteiger partial charge in [-0.15, -0.1) is 0 Å². The Hall–Kier alpha value is -0.381. The Morgan fingerprint density at radius 3 is 1.96 bits per heavy atom. The molecule has 4 heteroatoms. The zero-order valence-electron chi connectivity index (χ0n) is 13.7. The molecule has 0 bridgehead atoms. The van der Waals surface area contributed by atoms with Gasteiger partial charge in [0.2, 0.25) is 0 Å². The van der Waals surface area contributed by atoms with Crippen molar-refractivity contribution in [3.8, 4) is 0 Å². The van der Waals surface area contributed by atoms with Crippen LogP contribution in [0.4, 0.5) is 0 Å². The van der Waals surface area contributed by atoms with E-state index in [-0.39, 0.29) is 0 Å². The van der Waals surface area contributed by atoms with Gasteiger partial charge in [-0.25, -0.2) is 0 Å². The summed E-state index contributed by atoms with van der Waals surface area (Å²) in [5.41, 5.74) is 2.88. The van der Waals surface area contributed by atoms with Crippen LogP contribution in [0.1, 0.15) is 61.9 Å². The second kappa shape index (κ2) is 7.67. The molecule has 3 aliphatic rings. The van der Waals surface area contributed by atoms with Gasteiger partial charge in [-0.1, -0.05) is 0 Å². The molecule has 1 aromatic rings. The third-order valence-electron chi connectivity index (χ3n) is 5.07. The van der Waals surface area contributed by atoms with Crippen LogP contribution in [0.15, 0.2) is 18.2 Å². The van der Waals surface area contributed by atoms with Crippen LogP contribution in [0.2, 0.25) is 5.32 Å². The molecular weight excluding hydrogens is 355 g/mol. The van der Waals surface area contributed by atoms with Gasteiger partial charge in [0, 0.05) is 0 Å². The van der Waals surface area contributed by atoms with Crippen LogP contribution in [0.5, 0.6) is 0 Å². The van der Waals surface area contributed by atoms with Crippen LogP contribution in [0, 0.1) is 0 Å². The van der Waals surface area contributed by atoms with Crippen LogP contribution in [-0.4, -0.2) is 40.9 Å². The minimum absolute atomic E-state index is 0.303. The van der Waals surface area contributed by atoms with Gasteiger partial charge in [0.25, 0.3) is 0 Å². The summed E-state index contributed by atoms with van der Waals surface area (Å²) < 4.78 is 19.4. The molecule has 3 heterocycles. The zero-order chi connectivity index (χ0) is 15.5. The first-order chi connectivity index (χ1) is 11.4. The average molecular weight is 381 g/mol. The first kappa shape index (κ1) is 16.1. The third kappa shape index (κ3) is 3.67. The van der Waals surface area contributed by atoms with E-state index in [0.29, 0.717) is 33.3 Å². The fraction of sp³-hybridized carbons (Fsp3) is 0.684. The van der Waals surface area contributed by atoms with Crippen molar-refractivity contribution in [2.75, 3.05) is 19.8 Å². The predicted octanol–water partition coefficient (Wildman–Crippen LogP) is 3.32. The molecule has 1 aromatic carbocycles. The van der Waals surface area contributed by atoms with Crippen molar-refractivity contribution < 1.29 is 14.2 Å². The van der Waals surface area contributed by atoms with E-state index in [1.54, 1.807) is 4.46 Å². The first-order valence-corrected chi connectivity index (χ1v) is 11.1. The van der Waals surface area contributed by atoms with Crippen LogP contribution in [0.3, 0.4) is 0 Å². The minimum atomic E-state index is 0.303. The monoisotopic (exact) mass is 382 g/mol. The maximum absolute atomic E-state index is 6.01. The van der Waals surface area contributed by atoms with Crippen LogP contribution in [-0.2, 0) is 14.2 Å².